The minimum atomic E-state index is 0.511. The second kappa shape index (κ2) is 8.00. The first-order chi connectivity index (χ1) is 11.6. The zero-order chi connectivity index (χ0) is 16.9. The van der Waals surface area contributed by atoms with Crippen LogP contribution in [0, 0.1) is 0 Å². The third kappa shape index (κ3) is 4.28. The fourth-order valence-corrected chi connectivity index (χ4v) is 3.82. The minimum absolute atomic E-state index is 0.511. The van der Waals surface area contributed by atoms with Gasteiger partial charge in [0.15, 0.2) is 0 Å². The van der Waals surface area contributed by atoms with Gasteiger partial charge in [-0.15, -0.1) is 0 Å². The maximum Gasteiger partial charge on any atom is 0.0320 e. The Kier molecular flexibility index (Phi) is 5.75. The summed E-state index contributed by atoms with van der Waals surface area (Å²) in [6.07, 6.45) is 5.73. The van der Waals surface area contributed by atoms with Crippen molar-refractivity contribution in [1.29, 1.82) is 0 Å². The van der Waals surface area contributed by atoms with E-state index in [0.29, 0.717) is 18.1 Å². The molecule has 3 heteroatoms. The zero-order valence-corrected chi connectivity index (χ0v) is 15.3. The van der Waals surface area contributed by atoms with E-state index < -0.39 is 0 Å². The van der Waals surface area contributed by atoms with Crippen molar-refractivity contribution in [3.05, 3.63) is 59.9 Å². The molecule has 0 bridgehead atoms. The van der Waals surface area contributed by atoms with Gasteiger partial charge in [0.05, 0.1) is 0 Å². The highest BCUT2D eigenvalue weighted by molar-refractivity contribution is 5.18. The number of aromatic nitrogens is 1. The second-order valence-electron chi connectivity index (χ2n) is 7.28. The predicted molar refractivity (Wildman–Crippen MR) is 101 cm³/mol. The fraction of sp³-hybridized carbons (Fsp3) is 0.524. The molecule has 0 radical (unpaired) electrons. The number of likely N-dealkylation sites (tertiary alicyclic amines) is 1. The molecule has 1 aliphatic rings. The van der Waals surface area contributed by atoms with Gasteiger partial charge in [-0.05, 0) is 50.8 Å². The van der Waals surface area contributed by atoms with Crippen LogP contribution in [-0.2, 0) is 13.5 Å². The lowest BCUT2D eigenvalue weighted by Gasteiger charge is -2.25. The smallest absolute Gasteiger partial charge is 0.0320 e. The molecule has 1 aromatic heterocycles. The van der Waals surface area contributed by atoms with E-state index in [1.807, 2.05) is 0 Å². The van der Waals surface area contributed by atoms with E-state index >= 15 is 0 Å². The normalized spacial score (nSPS) is 21.0. The summed E-state index contributed by atoms with van der Waals surface area (Å²) in [5, 5.41) is 3.85. The Morgan fingerprint density at radius 3 is 2.62 bits per heavy atom. The standard InChI is InChI=1S/C21H31N3/c1-17(11-12-21-10-7-14-23(21)3)22-20-13-15-24(16-20)18(2)19-8-5-4-6-9-19/h4-10,14,17-18,20,22H,11-13,15-16H2,1-3H3/t17-,18-,20+/m1/s1. The quantitative estimate of drug-likeness (QED) is 0.836. The largest absolute Gasteiger partial charge is 0.354 e. The van der Waals surface area contributed by atoms with Crippen LogP contribution in [0.25, 0.3) is 0 Å². The van der Waals surface area contributed by atoms with Gasteiger partial charge in [0.2, 0.25) is 0 Å². The van der Waals surface area contributed by atoms with Gasteiger partial charge in [-0.3, -0.25) is 4.90 Å². The molecule has 1 aliphatic heterocycles. The number of rotatable bonds is 7. The molecule has 0 aliphatic carbocycles. The molecule has 0 amide bonds. The van der Waals surface area contributed by atoms with Crippen LogP contribution >= 0.6 is 0 Å². The van der Waals surface area contributed by atoms with Gasteiger partial charge in [-0.2, -0.15) is 0 Å². The number of nitrogens with one attached hydrogen (secondary N) is 1. The van der Waals surface area contributed by atoms with E-state index in [9.17, 15) is 0 Å². The summed E-state index contributed by atoms with van der Waals surface area (Å²) in [6, 6.07) is 16.9. The SMILES string of the molecule is C[C@H](CCc1cccn1C)N[C@H]1CCN([C@H](C)c2ccccc2)C1. The number of aryl methyl sites for hydroxylation is 2. The molecule has 130 valence electrons. The Morgan fingerprint density at radius 2 is 1.92 bits per heavy atom. The molecule has 2 aromatic rings. The van der Waals surface area contributed by atoms with E-state index in [2.05, 4.69) is 84.3 Å². The lowest BCUT2D eigenvalue weighted by atomic mass is 10.1. The van der Waals surface area contributed by atoms with Crippen molar-refractivity contribution in [1.82, 2.24) is 14.8 Å². The van der Waals surface area contributed by atoms with Crippen molar-refractivity contribution in [3.8, 4) is 0 Å². The first kappa shape index (κ1) is 17.2. The van der Waals surface area contributed by atoms with Crippen LogP contribution < -0.4 is 5.32 Å². The van der Waals surface area contributed by atoms with E-state index in [-0.39, 0.29) is 0 Å². The van der Waals surface area contributed by atoms with Gasteiger partial charge >= 0.3 is 0 Å². The number of nitrogens with zero attached hydrogens (tertiary/aromatic N) is 2. The maximum absolute atomic E-state index is 3.85. The van der Waals surface area contributed by atoms with Crippen LogP contribution in [0.2, 0.25) is 0 Å². The molecule has 0 unspecified atom stereocenters. The zero-order valence-electron chi connectivity index (χ0n) is 15.3. The Hall–Kier alpha value is -1.58. The average molecular weight is 326 g/mol. The van der Waals surface area contributed by atoms with Gasteiger partial charge < -0.3 is 9.88 Å². The van der Waals surface area contributed by atoms with Crippen LogP contribution in [0.15, 0.2) is 48.7 Å². The van der Waals surface area contributed by atoms with E-state index in [0.717, 1.165) is 13.0 Å². The van der Waals surface area contributed by atoms with Crippen molar-refractivity contribution in [2.45, 2.75) is 51.2 Å². The molecule has 0 spiro atoms. The Morgan fingerprint density at radius 1 is 1.12 bits per heavy atom. The third-order valence-corrected chi connectivity index (χ3v) is 5.45. The van der Waals surface area contributed by atoms with Crippen LogP contribution in [0.1, 0.15) is 44.0 Å². The van der Waals surface area contributed by atoms with Crippen molar-refractivity contribution >= 4 is 0 Å². The summed E-state index contributed by atoms with van der Waals surface area (Å²) in [5.41, 5.74) is 2.85. The summed E-state index contributed by atoms with van der Waals surface area (Å²) < 4.78 is 2.23. The molecular weight excluding hydrogens is 294 g/mol. The summed E-state index contributed by atoms with van der Waals surface area (Å²) in [4.78, 5) is 2.61. The van der Waals surface area contributed by atoms with Crippen LogP contribution in [0.3, 0.4) is 0 Å². The van der Waals surface area contributed by atoms with Crippen molar-refractivity contribution in [2.24, 2.45) is 7.05 Å². The highest BCUT2D eigenvalue weighted by Gasteiger charge is 2.27. The molecule has 2 heterocycles. The number of hydrogen-bond acceptors (Lipinski definition) is 2. The molecule has 0 saturated carbocycles. The molecule has 3 rings (SSSR count). The van der Waals surface area contributed by atoms with E-state index in [1.54, 1.807) is 0 Å². The topological polar surface area (TPSA) is 20.2 Å². The first-order valence-electron chi connectivity index (χ1n) is 9.28. The molecule has 3 nitrogen and oxygen atoms in total. The van der Waals surface area contributed by atoms with Gasteiger partial charge in [0, 0.05) is 50.2 Å². The van der Waals surface area contributed by atoms with Gasteiger partial charge in [-0.25, -0.2) is 0 Å². The number of benzene rings is 1. The molecule has 1 fully saturated rings. The van der Waals surface area contributed by atoms with Gasteiger partial charge in [0.1, 0.15) is 0 Å². The van der Waals surface area contributed by atoms with Crippen LogP contribution in [-0.4, -0.2) is 34.6 Å². The Bertz CT molecular complexity index is 619. The second-order valence-corrected chi connectivity index (χ2v) is 7.28. The maximum atomic E-state index is 3.85. The van der Waals surface area contributed by atoms with Crippen molar-refractivity contribution < 1.29 is 0 Å². The minimum Gasteiger partial charge on any atom is -0.354 e. The molecule has 24 heavy (non-hydrogen) atoms. The third-order valence-electron chi connectivity index (χ3n) is 5.45. The molecular formula is C21H31N3. The predicted octanol–water partition coefficient (Wildman–Crippen LogP) is 3.77. The average Bonchev–Trinajstić information content (AvgIpc) is 3.22. The highest BCUT2D eigenvalue weighted by atomic mass is 15.2. The summed E-state index contributed by atoms with van der Waals surface area (Å²) in [7, 11) is 2.13. The summed E-state index contributed by atoms with van der Waals surface area (Å²) in [5.74, 6) is 0. The molecule has 1 aromatic carbocycles. The van der Waals surface area contributed by atoms with E-state index in [4.69, 9.17) is 0 Å². The first-order valence-corrected chi connectivity index (χ1v) is 9.28. The molecule has 1 N–H and O–H groups in total. The van der Waals surface area contributed by atoms with Crippen molar-refractivity contribution in [2.75, 3.05) is 13.1 Å². The Balaban J connectivity index is 1.45. The van der Waals surface area contributed by atoms with Gasteiger partial charge in [-0.1, -0.05) is 30.3 Å². The van der Waals surface area contributed by atoms with Crippen molar-refractivity contribution in [3.63, 3.8) is 0 Å². The Labute approximate surface area is 146 Å². The fourth-order valence-electron chi connectivity index (χ4n) is 3.82. The van der Waals surface area contributed by atoms with Crippen LogP contribution in [0.4, 0.5) is 0 Å². The van der Waals surface area contributed by atoms with E-state index in [1.165, 1.54) is 30.6 Å². The monoisotopic (exact) mass is 325 g/mol. The lowest BCUT2D eigenvalue weighted by molar-refractivity contribution is 0.253. The summed E-state index contributed by atoms with van der Waals surface area (Å²) in [6.45, 7) is 7.01. The lowest BCUT2D eigenvalue weighted by Crippen LogP contribution is -2.39. The summed E-state index contributed by atoms with van der Waals surface area (Å²) >= 11 is 0. The highest BCUT2D eigenvalue weighted by Crippen LogP contribution is 2.24. The molecule has 1 saturated heterocycles. The number of hydrogen-bond donors (Lipinski definition) is 1. The van der Waals surface area contributed by atoms with Crippen LogP contribution in [0.5, 0.6) is 0 Å². The van der Waals surface area contributed by atoms with Gasteiger partial charge in [0.25, 0.3) is 0 Å². The molecule has 3 atom stereocenters.